The first-order valence-electron chi connectivity index (χ1n) is 6.31. The maximum atomic E-state index is 6.18. The standard InChI is InChI=1S/C13H20N2O/c1-9-7-11-12(14)3-2-4-13(11)15(9)10-5-6-16-8-10/h7,10,12H,2-6,8,14H2,1H3. The van der Waals surface area contributed by atoms with Crippen molar-refractivity contribution in [2.24, 2.45) is 5.73 Å². The third-order valence-corrected chi connectivity index (χ3v) is 3.97. The zero-order valence-electron chi connectivity index (χ0n) is 9.91. The van der Waals surface area contributed by atoms with Crippen molar-refractivity contribution in [3.05, 3.63) is 23.0 Å². The Morgan fingerprint density at radius 3 is 3.06 bits per heavy atom. The smallest absolute Gasteiger partial charge is 0.0674 e. The summed E-state index contributed by atoms with van der Waals surface area (Å²) < 4.78 is 7.99. The summed E-state index contributed by atoms with van der Waals surface area (Å²) in [6.45, 7) is 3.98. The Labute approximate surface area is 96.6 Å². The highest BCUT2D eigenvalue weighted by atomic mass is 16.5. The van der Waals surface area contributed by atoms with Crippen LogP contribution in [0.1, 0.15) is 48.3 Å². The normalized spacial score (nSPS) is 29.4. The topological polar surface area (TPSA) is 40.2 Å². The Morgan fingerprint density at radius 1 is 1.44 bits per heavy atom. The van der Waals surface area contributed by atoms with Crippen LogP contribution >= 0.6 is 0 Å². The lowest BCUT2D eigenvalue weighted by atomic mass is 9.93. The van der Waals surface area contributed by atoms with Crippen LogP contribution in [0, 0.1) is 6.92 Å². The van der Waals surface area contributed by atoms with Crippen LogP contribution in [0.15, 0.2) is 6.07 Å². The average molecular weight is 220 g/mol. The number of aromatic nitrogens is 1. The van der Waals surface area contributed by atoms with Crippen LogP contribution in [-0.2, 0) is 11.2 Å². The Hall–Kier alpha value is -0.800. The fourth-order valence-corrected chi connectivity index (χ4v) is 3.19. The Balaban J connectivity index is 2.03. The zero-order valence-corrected chi connectivity index (χ0v) is 9.91. The number of hydrogen-bond acceptors (Lipinski definition) is 2. The van der Waals surface area contributed by atoms with Gasteiger partial charge in [-0.1, -0.05) is 0 Å². The van der Waals surface area contributed by atoms with Gasteiger partial charge in [0.15, 0.2) is 0 Å². The van der Waals surface area contributed by atoms with Gasteiger partial charge in [0, 0.05) is 24.0 Å². The SMILES string of the molecule is Cc1cc2c(n1C1CCOC1)CCCC2N. The molecule has 1 fully saturated rings. The second-order valence-electron chi connectivity index (χ2n) is 5.07. The van der Waals surface area contributed by atoms with Crippen molar-refractivity contribution < 1.29 is 4.74 Å². The summed E-state index contributed by atoms with van der Waals surface area (Å²) in [7, 11) is 0. The average Bonchev–Trinajstić information content (AvgIpc) is 2.85. The lowest BCUT2D eigenvalue weighted by Gasteiger charge is -2.23. The molecule has 1 aliphatic heterocycles. The maximum Gasteiger partial charge on any atom is 0.0674 e. The number of rotatable bonds is 1. The summed E-state index contributed by atoms with van der Waals surface area (Å²) >= 11 is 0. The predicted molar refractivity (Wildman–Crippen MR) is 63.5 cm³/mol. The third kappa shape index (κ3) is 1.50. The second kappa shape index (κ2) is 3.90. The molecule has 0 bridgehead atoms. The number of nitrogens with zero attached hydrogens (tertiary/aromatic N) is 1. The molecule has 1 aromatic heterocycles. The molecule has 0 saturated carbocycles. The molecule has 1 aromatic rings. The first-order valence-corrected chi connectivity index (χ1v) is 6.31. The van der Waals surface area contributed by atoms with E-state index in [-0.39, 0.29) is 6.04 Å². The lowest BCUT2D eigenvalue weighted by molar-refractivity contribution is 0.185. The van der Waals surface area contributed by atoms with E-state index in [1.54, 1.807) is 0 Å². The van der Waals surface area contributed by atoms with Crippen LogP contribution in [0.5, 0.6) is 0 Å². The highest BCUT2D eigenvalue weighted by Gasteiger charge is 2.27. The van der Waals surface area contributed by atoms with Crippen molar-refractivity contribution >= 4 is 0 Å². The largest absolute Gasteiger partial charge is 0.379 e. The molecule has 2 unspecified atom stereocenters. The molecule has 16 heavy (non-hydrogen) atoms. The van der Waals surface area contributed by atoms with Crippen molar-refractivity contribution in [3.63, 3.8) is 0 Å². The number of ether oxygens (including phenoxy) is 1. The molecule has 2 N–H and O–H groups in total. The molecule has 1 aliphatic carbocycles. The van der Waals surface area contributed by atoms with Crippen LogP contribution in [0.3, 0.4) is 0 Å². The molecule has 2 heterocycles. The molecule has 1 saturated heterocycles. The molecule has 0 amide bonds. The Morgan fingerprint density at radius 2 is 2.31 bits per heavy atom. The fraction of sp³-hybridized carbons (Fsp3) is 0.692. The molecule has 0 radical (unpaired) electrons. The van der Waals surface area contributed by atoms with Crippen LogP contribution in [0.25, 0.3) is 0 Å². The van der Waals surface area contributed by atoms with Crippen molar-refractivity contribution in [2.45, 2.75) is 44.7 Å². The summed E-state index contributed by atoms with van der Waals surface area (Å²) in [6.07, 6.45) is 4.70. The van der Waals surface area contributed by atoms with Crippen molar-refractivity contribution in [1.29, 1.82) is 0 Å². The van der Waals surface area contributed by atoms with Crippen LogP contribution in [0.2, 0.25) is 0 Å². The first-order chi connectivity index (χ1) is 7.77. The third-order valence-electron chi connectivity index (χ3n) is 3.97. The highest BCUT2D eigenvalue weighted by molar-refractivity contribution is 5.33. The second-order valence-corrected chi connectivity index (χ2v) is 5.07. The van der Waals surface area contributed by atoms with E-state index in [1.807, 2.05) is 0 Å². The van der Waals surface area contributed by atoms with E-state index < -0.39 is 0 Å². The Kier molecular flexibility index (Phi) is 2.52. The van der Waals surface area contributed by atoms with Gasteiger partial charge in [-0.05, 0) is 44.2 Å². The van der Waals surface area contributed by atoms with Gasteiger partial charge in [-0.15, -0.1) is 0 Å². The van der Waals surface area contributed by atoms with E-state index in [2.05, 4.69) is 17.6 Å². The van der Waals surface area contributed by atoms with Crippen molar-refractivity contribution in [3.8, 4) is 0 Å². The summed E-state index contributed by atoms with van der Waals surface area (Å²) in [4.78, 5) is 0. The molecule has 2 aliphatic rings. The van der Waals surface area contributed by atoms with E-state index in [9.17, 15) is 0 Å². The maximum absolute atomic E-state index is 6.18. The summed E-state index contributed by atoms with van der Waals surface area (Å²) in [6, 6.07) is 3.09. The number of hydrogen-bond donors (Lipinski definition) is 1. The van der Waals surface area contributed by atoms with Crippen molar-refractivity contribution in [2.75, 3.05) is 13.2 Å². The van der Waals surface area contributed by atoms with Gasteiger partial charge in [-0.25, -0.2) is 0 Å². The van der Waals surface area contributed by atoms with E-state index in [4.69, 9.17) is 10.5 Å². The number of aryl methyl sites for hydroxylation is 1. The van der Waals surface area contributed by atoms with Gasteiger partial charge in [0.2, 0.25) is 0 Å². The predicted octanol–water partition coefficient (Wildman–Crippen LogP) is 2.09. The van der Waals surface area contributed by atoms with Gasteiger partial charge in [0.25, 0.3) is 0 Å². The molecule has 3 nitrogen and oxygen atoms in total. The van der Waals surface area contributed by atoms with Gasteiger partial charge in [0.1, 0.15) is 0 Å². The number of nitrogens with two attached hydrogens (primary N) is 1. The molecule has 3 heteroatoms. The minimum Gasteiger partial charge on any atom is -0.379 e. The van der Waals surface area contributed by atoms with Gasteiger partial charge >= 0.3 is 0 Å². The molecule has 0 aromatic carbocycles. The zero-order chi connectivity index (χ0) is 11.1. The van der Waals surface area contributed by atoms with Gasteiger partial charge in [0.05, 0.1) is 12.6 Å². The van der Waals surface area contributed by atoms with Crippen LogP contribution < -0.4 is 5.73 Å². The molecule has 88 valence electrons. The minimum absolute atomic E-state index is 0.256. The van der Waals surface area contributed by atoms with E-state index >= 15 is 0 Å². The molecular formula is C13H20N2O. The van der Waals surface area contributed by atoms with E-state index in [0.717, 1.165) is 26.1 Å². The summed E-state index contributed by atoms with van der Waals surface area (Å²) in [5.74, 6) is 0. The number of fused-ring (bicyclic) bond motifs is 1. The fourth-order valence-electron chi connectivity index (χ4n) is 3.19. The van der Waals surface area contributed by atoms with Gasteiger partial charge in [-0.3, -0.25) is 0 Å². The van der Waals surface area contributed by atoms with Gasteiger partial charge in [-0.2, -0.15) is 0 Å². The summed E-state index contributed by atoms with van der Waals surface area (Å²) in [5, 5.41) is 0. The lowest BCUT2D eigenvalue weighted by Crippen LogP contribution is -2.20. The van der Waals surface area contributed by atoms with Crippen molar-refractivity contribution in [1.82, 2.24) is 4.57 Å². The first kappa shape index (κ1) is 10.4. The summed E-state index contributed by atoms with van der Waals surface area (Å²) in [5.41, 5.74) is 10.4. The highest BCUT2D eigenvalue weighted by Crippen LogP contribution is 2.34. The molecular weight excluding hydrogens is 200 g/mol. The monoisotopic (exact) mass is 220 g/mol. The van der Waals surface area contributed by atoms with Crippen LogP contribution in [0.4, 0.5) is 0 Å². The van der Waals surface area contributed by atoms with E-state index in [1.165, 1.54) is 29.8 Å². The van der Waals surface area contributed by atoms with Crippen LogP contribution in [-0.4, -0.2) is 17.8 Å². The molecule has 2 atom stereocenters. The quantitative estimate of drug-likeness (QED) is 0.787. The molecule has 0 spiro atoms. The minimum atomic E-state index is 0.256. The van der Waals surface area contributed by atoms with E-state index in [0.29, 0.717) is 6.04 Å². The molecule has 3 rings (SSSR count). The van der Waals surface area contributed by atoms with Gasteiger partial charge < -0.3 is 15.0 Å². The Bertz CT molecular complexity index is 391.